The number of hydrogen-bond acceptors (Lipinski definition) is 1. The first kappa shape index (κ1) is 8.60. The summed E-state index contributed by atoms with van der Waals surface area (Å²) in [6, 6.07) is 3.57. The Balaban J connectivity index is 2.27. The van der Waals surface area contributed by atoms with Gasteiger partial charge in [-0.05, 0) is 55.2 Å². The molecule has 0 atom stereocenters. The highest BCUT2D eigenvalue weighted by molar-refractivity contribution is 6.31. The van der Waals surface area contributed by atoms with Gasteiger partial charge in [-0.3, -0.25) is 0 Å². The minimum atomic E-state index is 0.457. The number of fused-ring (bicyclic) bond motifs is 2. The molecule has 2 heteroatoms. The topological polar surface area (TPSA) is 20.2 Å². The van der Waals surface area contributed by atoms with Crippen LogP contribution in [0.1, 0.15) is 48.6 Å². The molecule has 1 saturated carbocycles. The zero-order valence-corrected chi connectivity index (χ0v) is 8.72. The van der Waals surface area contributed by atoms with E-state index in [4.69, 9.17) is 11.6 Å². The second-order valence-corrected chi connectivity index (χ2v) is 4.85. The highest BCUT2D eigenvalue weighted by atomic mass is 35.5. The first-order chi connectivity index (χ1) is 6.77. The Morgan fingerprint density at radius 3 is 2.14 bits per heavy atom. The van der Waals surface area contributed by atoms with Crippen LogP contribution in [0, 0.1) is 0 Å². The number of benzene rings is 1. The maximum Gasteiger partial charge on any atom is 0.119 e. The molecule has 74 valence electrons. The van der Waals surface area contributed by atoms with Crippen LogP contribution in [-0.4, -0.2) is 5.11 Å². The van der Waals surface area contributed by atoms with Crippen molar-refractivity contribution in [3.05, 3.63) is 28.3 Å². The third-order valence-electron chi connectivity index (χ3n) is 3.75. The molecular formula is C12H13ClO. The molecule has 3 aliphatic rings. The molecule has 1 fully saturated rings. The Morgan fingerprint density at radius 1 is 1.00 bits per heavy atom. The molecule has 3 aliphatic carbocycles. The van der Waals surface area contributed by atoms with Gasteiger partial charge in [-0.2, -0.15) is 0 Å². The van der Waals surface area contributed by atoms with Crippen molar-refractivity contribution in [2.75, 3.05) is 0 Å². The lowest BCUT2D eigenvalue weighted by molar-refractivity contribution is 0.343. The van der Waals surface area contributed by atoms with Crippen LogP contribution in [0.3, 0.4) is 0 Å². The average Bonchev–Trinajstić information content (AvgIpc) is 2.25. The van der Waals surface area contributed by atoms with Gasteiger partial charge >= 0.3 is 0 Å². The standard InChI is InChI=1S/C12H13ClO/c13-9-5-6-10(14)12-8-3-1-7(2-4-8)11(9)12/h5-8,14H,1-4H2. The van der Waals surface area contributed by atoms with Gasteiger partial charge in [0.2, 0.25) is 0 Å². The van der Waals surface area contributed by atoms with Crippen molar-refractivity contribution in [3.8, 4) is 5.75 Å². The van der Waals surface area contributed by atoms with Gasteiger partial charge in [0, 0.05) is 10.6 Å². The van der Waals surface area contributed by atoms with Gasteiger partial charge in [-0.25, -0.2) is 0 Å². The largest absolute Gasteiger partial charge is 0.508 e. The molecule has 2 bridgehead atoms. The van der Waals surface area contributed by atoms with E-state index in [9.17, 15) is 5.11 Å². The monoisotopic (exact) mass is 208 g/mol. The molecule has 1 aromatic carbocycles. The van der Waals surface area contributed by atoms with E-state index in [0.29, 0.717) is 17.6 Å². The zero-order chi connectivity index (χ0) is 9.71. The predicted molar refractivity (Wildman–Crippen MR) is 57.1 cm³/mol. The van der Waals surface area contributed by atoms with Gasteiger partial charge in [0.05, 0.1) is 0 Å². The van der Waals surface area contributed by atoms with Crippen molar-refractivity contribution in [1.29, 1.82) is 0 Å². The lowest BCUT2D eigenvalue weighted by atomic mass is 9.67. The Labute approximate surface area is 88.7 Å². The first-order valence-corrected chi connectivity index (χ1v) is 5.66. The van der Waals surface area contributed by atoms with Crippen LogP contribution < -0.4 is 0 Å². The van der Waals surface area contributed by atoms with Crippen molar-refractivity contribution in [2.24, 2.45) is 0 Å². The zero-order valence-electron chi connectivity index (χ0n) is 7.96. The number of halogens is 1. The van der Waals surface area contributed by atoms with Crippen LogP contribution in [0.4, 0.5) is 0 Å². The Hall–Kier alpha value is -0.690. The number of aromatic hydroxyl groups is 1. The van der Waals surface area contributed by atoms with Crippen LogP contribution in [0.25, 0.3) is 0 Å². The fraction of sp³-hybridized carbons (Fsp3) is 0.500. The van der Waals surface area contributed by atoms with Crippen molar-refractivity contribution in [3.63, 3.8) is 0 Å². The summed E-state index contributed by atoms with van der Waals surface area (Å²) in [4.78, 5) is 0. The minimum absolute atomic E-state index is 0.457. The van der Waals surface area contributed by atoms with E-state index in [1.807, 2.05) is 6.07 Å². The number of hydrogen-bond donors (Lipinski definition) is 1. The second kappa shape index (κ2) is 2.90. The minimum Gasteiger partial charge on any atom is -0.508 e. The third kappa shape index (κ3) is 1.02. The van der Waals surface area contributed by atoms with Crippen LogP contribution in [0.2, 0.25) is 5.02 Å². The van der Waals surface area contributed by atoms with Crippen molar-refractivity contribution in [1.82, 2.24) is 0 Å². The van der Waals surface area contributed by atoms with Crippen LogP contribution in [0.5, 0.6) is 5.75 Å². The first-order valence-electron chi connectivity index (χ1n) is 5.28. The molecule has 0 aliphatic heterocycles. The quantitative estimate of drug-likeness (QED) is 0.688. The lowest BCUT2D eigenvalue weighted by Gasteiger charge is -2.39. The van der Waals surface area contributed by atoms with Crippen molar-refractivity contribution < 1.29 is 5.11 Å². The molecule has 0 radical (unpaired) electrons. The maximum absolute atomic E-state index is 9.84. The van der Waals surface area contributed by atoms with E-state index < -0.39 is 0 Å². The average molecular weight is 209 g/mol. The molecule has 14 heavy (non-hydrogen) atoms. The molecule has 0 unspecified atom stereocenters. The molecule has 0 spiro atoms. The second-order valence-electron chi connectivity index (χ2n) is 4.44. The van der Waals surface area contributed by atoms with Gasteiger partial charge in [0.15, 0.2) is 0 Å². The SMILES string of the molecule is Oc1ccc(Cl)c2c1C1CCC2CC1. The fourth-order valence-electron chi connectivity index (χ4n) is 3.11. The third-order valence-corrected chi connectivity index (χ3v) is 4.08. The van der Waals surface area contributed by atoms with Gasteiger partial charge in [-0.1, -0.05) is 11.6 Å². The van der Waals surface area contributed by atoms with Gasteiger partial charge in [0.1, 0.15) is 5.75 Å². The van der Waals surface area contributed by atoms with E-state index in [1.54, 1.807) is 6.07 Å². The lowest BCUT2D eigenvalue weighted by Crippen LogP contribution is -2.22. The molecule has 4 rings (SSSR count). The molecule has 1 nitrogen and oxygen atoms in total. The normalized spacial score (nSPS) is 28.9. The summed E-state index contributed by atoms with van der Waals surface area (Å²) in [6.45, 7) is 0. The smallest absolute Gasteiger partial charge is 0.119 e. The number of rotatable bonds is 0. The van der Waals surface area contributed by atoms with Crippen molar-refractivity contribution >= 4 is 11.6 Å². The molecule has 1 N–H and O–H groups in total. The highest BCUT2D eigenvalue weighted by Gasteiger charge is 2.36. The summed E-state index contributed by atoms with van der Waals surface area (Å²) in [5.41, 5.74) is 2.40. The van der Waals surface area contributed by atoms with Gasteiger partial charge < -0.3 is 5.11 Å². The molecular weight excluding hydrogens is 196 g/mol. The van der Waals surface area contributed by atoms with E-state index in [1.165, 1.54) is 31.2 Å². The summed E-state index contributed by atoms with van der Waals surface area (Å²) in [5.74, 6) is 1.63. The van der Waals surface area contributed by atoms with E-state index in [0.717, 1.165) is 10.6 Å². The Morgan fingerprint density at radius 2 is 1.57 bits per heavy atom. The summed E-state index contributed by atoms with van der Waals surface area (Å²) >= 11 is 6.20. The number of phenolic OH excluding ortho intramolecular Hbond substituents is 1. The molecule has 0 aromatic heterocycles. The van der Waals surface area contributed by atoms with Crippen LogP contribution in [-0.2, 0) is 0 Å². The summed E-state index contributed by atoms with van der Waals surface area (Å²) < 4.78 is 0. The summed E-state index contributed by atoms with van der Waals surface area (Å²) in [5, 5.41) is 10.7. The predicted octanol–water partition coefficient (Wildman–Crippen LogP) is 3.80. The van der Waals surface area contributed by atoms with Crippen LogP contribution in [0.15, 0.2) is 12.1 Å². The molecule has 0 heterocycles. The summed E-state index contributed by atoms with van der Waals surface area (Å²) in [6.07, 6.45) is 4.96. The van der Waals surface area contributed by atoms with Crippen molar-refractivity contribution in [2.45, 2.75) is 37.5 Å². The van der Waals surface area contributed by atoms with Crippen LogP contribution >= 0.6 is 11.6 Å². The fourth-order valence-corrected chi connectivity index (χ4v) is 3.43. The van der Waals surface area contributed by atoms with E-state index >= 15 is 0 Å². The molecule has 1 aromatic rings. The van der Waals surface area contributed by atoms with E-state index in [2.05, 4.69) is 0 Å². The molecule has 0 amide bonds. The molecule has 0 saturated heterocycles. The van der Waals surface area contributed by atoms with Gasteiger partial charge in [-0.15, -0.1) is 0 Å². The van der Waals surface area contributed by atoms with E-state index in [-0.39, 0.29) is 0 Å². The maximum atomic E-state index is 9.84. The Bertz CT molecular complexity index is 341. The Kier molecular flexibility index (Phi) is 1.78. The summed E-state index contributed by atoms with van der Waals surface area (Å²) in [7, 11) is 0. The van der Waals surface area contributed by atoms with Gasteiger partial charge in [0.25, 0.3) is 0 Å². The highest BCUT2D eigenvalue weighted by Crippen LogP contribution is 2.54. The number of phenols is 1.